The molecule has 0 fully saturated rings. The number of para-hydroxylation sites is 1. The maximum Gasteiger partial charge on any atom is 0.156 e. The molecule has 1 heterocycles. The van der Waals surface area contributed by atoms with Crippen LogP contribution in [-0.4, -0.2) is 18.1 Å². The van der Waals surface area contributed by atoms with Gasteiger partial charge in [0.05, 0.1) is 15.1 Å². The Morgan fingerprint density at radius 3 is 2.52 bits per heavy atom. The molecule has 0 aliphatic rings. The zero-order valence-corrected chi connectivity index (χ0v) is 15.9. The fourth-order valence-electron chi connectivity index (χ4n) is 2.59. The molecule has 0 atom stereocenters. The highest BCUT2D eigenvalue weighted by molar-refractivity contribution is 8.05. The standard InChI is InChI=1S/C20H19N3S2/c1-3-23(4-2)16-11-9-15(10-12-16)13-17(14-21)24-20-22-18-7-5-6-8-19(18)25-20/h5-13H,3-4H2,1-2H3/b17-13+. The molecule has 126 valence electrons. The number of fused-ring (bicyclic) bond motifs is 1. The summed E-state index contributed by atoms with van der Waals surface area (Å²) in [6.07, 6.45) is 1.92. The van der Waals surface area contributed by atoms with E-state index in [1.54, 1.807) is 11.3 Å². The second-order valence-corrected chi connectivity index (χ2v) is 7.75. The molecule has 3 aromatic rings. The lowest BCUT2D eigenvalue weighted by Gasteiger charge is -2.20. The first-order valence-electron chi connectivity index (χ1n) is 8.23. The Balaban J connectivity index is 1.79. The molecule has 25 heavy (non-hydrogen) atoms. The van der Waals surface area contributed by atoms with Crippen LogP contribution >= 0.6 is 23.1 Å². The van der Waals surface area contributed by atoms with E-state index in [2.05, 4.69) is 60.1 Å². The molecule has 0 aliphatic carbocycles. The first-order valence-corrected chi connectivity index (χ1v) is 9.87. The van der Waals surface area contributed by atoms with Crippen LogP contribution in [0.1, 0.15) is 19.4 Å². The molecule has 0 amide bonds. The smallest absolute Gasteiger partial charge is 0.156 e. The van der Waals surface area contributed by atoms with Crippen molar-refractivity contribution in [1.29, 1.82) is 5.26 Å². The third kappa shape index (κ3) is 4.22. The number of rotatable bonds is 6. The van der Waals surface area contributed by atoms with Crippen molar-refractivity contribution in [3.05, 3.63) is 59.0 Å². The van der Waals surface area contributed by atoms with E-state index >= 15 is 0 Å². The van der Waals surface area contributed by atoms with Crippen molar-refractivity contribution in [2.75, 3.05) is 18.0 Å². The number of anilines is 1. The Labute approximate surface area is 156 Å². The average Bonchev–Trinajstić information content (AvgIpc) is 3.06. The first kappa shape index (κ1) is 17.5. The van der Waals surface area contributed by atoms with Gasteiger partial charge in [-0.25, -0.2) is 4.98 Å². The van der Waals surface area contributed by atoms with Gasteiger partial charge in [0, 0.05) is 18.8 Å². The molecule has 0 spiro atoms. The van der Waals surface area contributed by atoms with Crippen LogP contribution in [0.5, 0.6) is 0 Å². The minimum absolute atomic E-state index is 0.648. The van der Waals surface area contributed by atoms with E-state index < -0.39 is 0 Å². The van der Waals surface area contributed by atoms with Crippen molar-refractivity contribution in [3.8, 4) is 6.07 Å². The van der Waals surface area contributed by atoms with Crippen molar-refractivity contribution >= 4 is 45.1 Å². The second-order valence-electron chi connectivity index (χ2n) is 5.43. The number of nitriles is 1. The Bertz CT molecular complexity index is 883. The minimum atomic E-state index is 0.648. The van der Waals surface area contributed by atoms with Gasteiger partial charge in [-0.2, -0.15) is 5.26 Å². The van der Waals surface area contributed by atoms with Crippen LogP contribution in [-0.2, 0) is 0 Å². The fraction of sp³-hybridized carbons (Fsp3) is 0.200. The van der Waals surface area contributed by atoms with Crippen LogP contribution in [0.15, 0.2) is 57.8 Å². The highest BCUT2D eigenvalue weighted by atomic mass is 32.2. The molecule has 0 bridgehead atoms. The van der Waals surface area contributed by atoms with E-state index in [1.165, 1.54) is 17.4 Å². The summed E-state index contributed by atoms with van der Waals surface area (Å²) >= 11 is 3.04. The third-order valence-electron chi connectivity index (χ3n) is 3.90. The van der Waals surface area contributed by atoms with Gasteiger partial charge < -0.3 is 4.90 Å². The zero-order valence-electron chi connectivity index (χ0n) is 14.3. The van der Waals surface area contributed by atoms with Crippen molar-refractivity contribution < 1.29 is 0 Å². The molecule has 5 heteroatoms. The summed E-state index contributed by atoms with van der Waals surface area (Å²) in [5.41, 5.74) is 3.22. The van der Waals surface area contributed by atoms with Gasteiger partial charge in [0.15, 0.2) is 4.34 Å². The molecule has 1 aromatic heterocycles. The van der Waals surface area contributed by atoms with E-state index in [9.17, 15) is 5.26 Å². The normalized spacial score (nSPS) is 11.5. The summed E-state index contributed by atoms with van der Waals surface area (Å²) < 4.78 is 2.04. The second kappa shape index (κ2) is 8.19. The van der Waals surface area contributed by atoms with Crippen molar-refractivity contribution in [1.82, 2.24) is 4.98 Å². The van der Waals surface area contributed by atoms with E-state index in [0.29, 0.717) is 4.91 Å². The Morgan fingerprint density at radius 1 is 1.16 bits per heavy atom. The average molecular weight is 366 g/mol. The minimum Gasteiger partial charge on any atom is -0.372 e. The molecule has 0 saturated heterocycles. The van der Waals surface area contributed by atoms with Gasteiger partial charge in [-0.3, -0.25) is 0 Å². The van der Waals surface area contributed by atoms with Crippen LogP contribution in [0.25, 0.3) is 16.3 Å². The first-order chi connectivity index (χ1) is 12.2. The van der Waals surface area contributed by atoms with Gasteiger partial charge in [-0.05, 0) is 61.5 Å². The van der Waals surface area contributed by atoms with Gasteiger partial charge in [0.25, 0.3) is 0 Å². The van der Waals surface area contributed by atoms with Crippen LogP contribution < -0.4 is 4.90 Å². The lowest BCUT2D eigenvalue weighted by Crippen LogP contribution is -2.21. The summed E-state index contributed by atoms with van der Waals surface area (Å²) in [6, 6.07) is 18.7. The predicted molar refractivity (Wildman–Crippen MR) is 109 cm³/mol. The lowest BCUT2D eigenvalue weighted by atomic mass is 10.2. The fourth-order valence-corrected chi connectivity index (χ4v) is 4.57. The Morgan fingerprint density at radius 2 is 1.88 bits per heavy atom. The molecule has 0 aliphatic heterocycles. The SMILES string of the molecule is CCN(CC)c1ccc(/C=C(\C#N)Sc2nc3ccccc3s2)cc1. The van der Waals surface area contributed by atoms with E-state index in [1.807, 2.05) is 24.3 Å². The van der Waals surface area contributed by atoms with Crippen molar-refractivity contribution in [2.45, 2.75) is 18.2 Å². The summed E-state index contributed by atoms with van der Waals surface area (Å²) in [5.74, 6) is 0. The number of hydrogen-bond acceptors (Lipinski definition) is 5. The number of hydrogen-bond donors (Lipinski definition) is 0. The number of benzene rings is 2. The number of thiazole rings is 1. The number of thioether (sulfide) groups is 1. The molecule has 3 rings (SSSR count). The summed E-state index contributed by atoms with van der Waals surface area (Å²) in [6.45, 7) is 6.28. The summed E-state index contributed by atoms with van der Waals surface area (Å²) in [4.78, 5) is 7.53. The quantitative estimate of drug-likeness (QED) is 0.409. The maximum absolute atomic E-state index is 9.47. The number of allylic oxidation sites excluding steroid dienone is 1. The van der Waals surface area contributed by atoms with E-state index in [-0.39, 0.29) is 0 Å². The van der Waals surface area contributed by atoms with E-state index in [4.69, 9.17) is 0 Å². The third-order valence-corrected chi connectivity index (χ3v) is 5.93. The Hall–Kier alpha value is -2.29. The highest BCUT2D eigenvalue weighted by Gasteiger charge is 2.07. The molecule has 2 aromatic carbocycles. The highest BCUT2D eigenvalue weighted by Crippen LogP contribution is 2.34. The van der Waals surface area contributed by atoms with Crippen LogP contribution in [0.2, 0.25) is 0 Å². The molecular weight excluding hydrogens is 346 g/mol. The Kier molecular flexibility index (Phi) is 5.75. The molecule has 0 N–H and O–H groups in total. The number of aromatic nitrogens is 1. The molecular formula is C20H19N3S2. The molecule has 0 unspecified atom stereocenters. The molecule has 0 radical (unpaired) electrons. The van der Waals surface area contributed by atoms with Gasteiger partial charge in [0.1, 0.15) is 6.07 Å². The largest absolute Gasteiger partial charge is 0.372 e. The maximum atomic E-state index is 9.47. The summed E-state index contributed by atoms with van der Waals surface area (Å²) in [5, 5.41) is 9.47. The van der Waals surface area contributed by atoms with Gasteiger partial charge in [0.2, 0.25) is 0 Å². The topological polar surface area (TPSA) is 39.9 Å². The lowest BCUT2D eigenvalue weighted by molar-refractivity contribution is 0.866. The van der Waals surface area contributed by atoms with Gasteiger partial charge >= 0.3 is 0 Å². The monoisotopic (exact) mass is 365 g/mol. The molecule has 3 nitrogen and oxygen atoms in total. The van der Waals surface area contributed by atoms with Crippen LogP contribution in [0.4, 0.5) is 5.69 Å². The van der Waals surface area contributed by atoms with Crippen LogP contribution in [0.3, 0.4) is 0 Å². The van der Waals surface area contributed by atoms with Crippen molar-refractivity contribution in [2.24, 2.45) is 0 Å². The van der Waals surface area contributed by atoms with Crippen molar-refractivity contribution in [3.63, 3.8) is 0 Å². The number of nitrogens with zero attached hydrogens (tertiary/aromatic N) is 3. The van der Waals surface area contributed by atoms with Gasteiger partial charge in [-0.1, -0.05) is 24.3 Å². The summed E-state index contributed by atoms with van der Waals surface area (Å²) in [7, 11) is 0. The van der Waals surface area contributed by atoms with Gasteiger partial charge in [-0.15, -0.1) is 11.3 Å². The van der Waals surface area contributed by atoms with E-state index in [0.717, 1.165) is 33.2 Å². The predicted octanol–water partition coefficient (Wildman–Crippen LogP) is 5.80. The zero-order chi connectivity index (χ0) is 17.6. The van der Waals surface area contributed by atoms with Crippen LogP contribution in [0, 0.1) is 11.3 Å². The molecule has 0 saturated carbocycles.